The number of halogens is 3. The lowest BCUT2D eigenvalue weighted by Gasteiger charge is -2.24. The molecule has 0 spiro atoms. The normalized spacial score (nSPS) is 18.1. The van der Waals surface area contributed by atoms with Crippen molar-refractivity contribution in [2.24, 2.45) is 0 Å². The average Bonchev–Trinajstić information content (AvgIpc) is 3.55. The molecule has 210 valence electrons. The molecule has 3 aromatic carbocycles. The predicted octanol–water partition coefficient (Wildman–Crippen LogP) is 6.92. The van der Waals surface area contributed by atoms with E-state index in [0.29, 0.717) is 25.3 Å². The van der Waals surface area contributed by atoms with Crippen LogP contribution in [0.3, 0.4) is 0 Å². The average molecular weight is 551 g/mol. The van der Waals surface area contributed by atoms with Crippen molar-refractivity contribution in [2.75, 3.05) is 20.3 Å². The molecule has 1 saturated heterocycles. The van der Waals surface area contributed by atoms with E-state index in [9.17, 15) is 18.0 Å². The smallest absolute Gasteiger partial charge is 0.416 e. The molecular formula is C32H33F3N2O3. The van der Waals surface area contributed by atoms with Gasteiger partial charge in [-0.15, -0.1) is 0 Å². The minimum atomic E-state index is -4.43. The van der Waals surface area contributed by atoms with Gasteiger partial charge in [0.2, 0.25) is 5.91 Å². The largest absolute Gasteiger partial charge is 0.497 e. The summed E-state index contributed by atoms with van der Waals surface area (Å²) in [6.07, 6.45) is -0.497. The third-order valence-corrected chi connectivity index (χ3v) is 7.70. The number of amides is 1. The highest BCUT2D eigenvalue weighted by Crippen LogP contribution is 2.37. The number of methoxy groups -OCH3 is 1. The van der Waals surface area contributed by atoms with Gasteiger partial charge in [-0.3, -0.25) is 4.79 Å². The fourth-order valence-corrected chi connectivity index (χ4v) is 5.44. The Morgan fingerprint density at radius 1 is 1.07 bits per heavy atom. The Morgan fingerprint density at radius 3 is 2.45 bits per heavy atom. The van der Waals surface area contributed by atoms with Crippen LogP contribution < -0.4 is 10.1 Å². The van der Waals surface area contributed by atoms with Crippen LogP contribution in [0, 0.1) is 0 Å². The van der Waals surface area contributed by atoms with Crippen molar-refractivity contribution in [3.8, 4) is 5.75 Å². The molecular weight excluding hydrogens is 517 g/mol. The number of para-hydroxylation sites is 1. The number of nitrogens with one attached hydrogen (secondary N) is 1. The fraction of sp³-hybridized carbons (Fsp3) is 0.344. The first-order chi connectivity index (χ1) is 19.1. The molecule has 8 heteroatoms. The zero-order valence-electron chi connectivity index (χ0n) is 22.6. The first-order valence-electron chi connectivity index (χ1n) is 13.4. The summed E-state index contributed by atoms with van der Waals surface area (Å²) in [7, 11) is 1.62. The molecule has 0 aliphatic carbocycles. The highest BCUT2D eigenvalue weighted by atomic mass is 19.4. The zero-order chi connectivity index (χ0) is 28.3. The molecule has 0 unspecified atom stereocenters. The van der Waals surface area contributed by atoms with Gasteiger partial charge < -0.3 is 19.4 Å². The summed E-state index contributed by atoms with van der Waals surface area (Å²) in [6, 6.07) is 20.9. The van der Waals surface area contributed by atoms with Crippen LogP contribution in [0.1, 0.15) is 54.4 Å². The number of carbonyl (C=O) groups is 1. The number of aromatic nitrogens is 1. The topological polar surface area (TPSA) is 52.5 Å². The highest BCUT2D eigenvalue weighted by molar-refractivity contribution is 5.87. The number of ether oxygens (including phenoxy) is 2. The predicted molar refractivity (Wildman–Crippen MR) is 149 cm³/mol. The minimum absolute atomic E-state index is 0.0952. The van der Waals surface area contributed by atoms with Gasteiger partial charge in [-0.05, 0) is 66.8 Å². The molecule has 1 N–H and O–H groups in total. The third kappa shape index (κ3) is 6.17. The molecule has 0 saturated carbocycles. The van der Waals surface area contributed by atoms with E-state index in [4.69, 9.17) is 9.47 Å². The molecule has 2 heterocycles. The van der Waals surface area contributed by atoms with E-state index in [1.54, 1.807) is 7.11 Å². The SMILES string of the molecule is COc1ccc(Cn2cc([C@H](CC(=O)NC[C@]3(C)CCCO3)c3ccc(C(F)(F)F)cc3)c3ccccc32)cc1. The fourth-order valence-electron chi connectivity index (χ4n) is 5.44. The summed E-state index contributed by atoms with van der Waals surface area (Å²) < 4.78 is 53.2. The molecule has 5 rings (SSSR count). The van der Waals surface area contributed by atoms with E-state index in [0.717, 1.165) is 52.8 Å². The molecule has 0 radical (unpaired) electrons. The third-order valence-electron chi connectivity index (χ3n) is 7.70. The van der Waals surface area contributed by atoms with Gasteiger partial charge in [-0.25, -0.2) is 0 Å². The van der Waals surface area contributed by atoms with Crippen molar-refractivity contribution >= 4 is 16.8 Å². The van der Waals surface area contributed by atoms with E-state index in [1.807, 2.05) is 61.7 Å². The molecule has 0 bridgehead atoms. The maximum absolute atomic E-state index is 13.3. The molecule has 1 amide bonds. The van der Waals surface area contributed by atoms with Crippen molar-refractivity contribution in [3.63, 3.8) is 0 Å². The van der Waals surface area contributed by atoms with E-state index >= 15 is 0 Å². The van der Waals surface area contributed by atoms with Crippen molar-refractivity contribution in [1.29, 1.82) is 0 Å². The lowest BCUT2D eigenvalue weighted by atomic mass is 9.87. The quantitative estimate of drug-likeness (QED) is 0.246. The molecule has 40 heavy (non-hydrogen) atoms. The van der Waals surface area contributed by atoms with Crippen molar-refractivity contribution in [1.82, 2.24) is 9.88 Å². The van der Waals surface area contributed by atoms with Gasteiger partial charge in [0.25, 0.3) is 0 Å². The summed E-state index contributed by atoms with van der Waals surface area (Å²) in [6.45, 7) is 3.64. The molecule has 1 aromatic heterocycles. The molecule has 2 atom stereocenters. The Balaban J connectivity index is 1.49. The van der Waals surface area contributed by atoms with Gasteiger partial charge in [-0.2, -0.15) is 13.2 Å². The van der Waals surface area contributed by atoms with Crippen LogP contribution in [-0.2, 0) is 22.3 Å². The number of benzene rings is 3. The number of fused-ring (bicyclic) bond motifs is 1. The van der Waals surface area contributed by atoms with Crippen LogP contribution in [0.2, 0.25) is 0 Å². The maximum atomic E-state index is 13.3. The van der Waals surface area contributed by atoms with Gasteiger partial charge in [0, 0.05) is 49.1 Å². The molecule has 5 nitrogen and oxygen atoms in total. The van der Waals surface area contributed by atoms with Crippen molar-refractivity contribution in [3.05, 3.63) is 101 Å². The van der Waals surface area contributed by atoms with Crippen LogP contribution in [0.25, 0.3) is 10.9 Å². The summed E-state index contributed by atoms with van der Waals surface area (Å²) in [5.74, 6) is 0.155. The molecule has 4 aromatic rings. The summed E-state index contributed by atoms with van der Waals surface area (Å²) in [4.78, 5) is 13.3. The zero-order valence-corrected chi connectivity index (χ0v) is 22.6. The summed E-state index contributed by atoms with van der Waals surface area (Å²) in [5, 5.41) is 3.97. The second-order valence-electron chi connectivity index (χ2n) is 10.6. The standard InChI is InChI=1S/C32H33F3N2O3/c1-31(16-5-17-40-31)21-36-30(38)18-27(23-10-12-24(13-11-23)32(33,34)35)28-20-37(29-7-4-3-6-26(28)29)19-22-8-14-25(39-2)15-9-22/h3-4,6-15,20,27H,5,16-19,21H2,1-2H3,(H,36,38)/t27-,31+/m1/s1. The number of hydrogen-bond acceptors (Lipinski definition) is 3. The van der Waals surface area contributed by atoms with E-state index in [1.165, 1.54) is 12.1 Å². The van der Waals surface area contributed by atoms with Gasteiger partial charge in [-0.1, -0.05) is 42.5 Å². The lowest BCUT2D eigenvalue weighted by Crippen LogP contribution is -2.40. The van der Waals surface area contributed by atoms with Crippen LogP contribution >= 0.6 is 0 Å². The highest BCUT2D eigenvalue weighted by Gasteiger charge is 2.32. The van der Waals surface area contributed by atoms with Gasteiger partial charge in [0.1, 0.15) is 5.75 Å². The van der Waals surface area contributed by atoms with Crippen LogP contribution in [-0.4, -0.2) is 36.3 Å². The van der Waals surface area contributed by atoms with Crippen LogP contribution in [0.15, 0.2) is 79.0 Å². The number of hydrogen-bond donors (Lipinski definition) is 1. The second kappa shape index (κ2) is 11.4. The molecule has 1 aliphatic rings. The van der Waals surface area contributed by atoms with E-state index < -0.39 is 23.3 Å². The monoisotopic (exact) mass is 550 g/mol. The Bertz CT molecular complexity index is 1450. The molecule has 1 fully saturated rings. The number of nitrogens with zero attached hydrogens (tertiary/aromatic N) is 1. The summed E-state index contributed by atoms with van der Waals surface area (Å²) >= 11 is 0. The lowest BCUT2D eigenvalue weighted by molar-refractivity contribution is -0.137. The Labute approximate surface area is 231 Å². The minimum Gasteiger partial charge on any atom is -0.497 e. The van der Waals surface area contributed by atoms with Crippen LogP contribution in [0.4, 0.5) is 13.2 Å². The van der Waals surface area contributed by atoms with Gasteiger partial charge >= 0.3 is 6.18 Å². The number of rotatable bonds is 9. The van der Waals surface area contributed by atoms with Crippen molar-refractivity contribution in [2.45, 2.75) is 50.4 Å². The number of carbonyl (C=O) groups excluding carboxylic acids is 1. The number of alkyl halides is 3. The van der Waals surface area contributed by atoms with E-state index in [2.05, 4.69) is 9.88 Å². The first-order valence-corrected chi connectivity index (χ1v) is 13.4. The van der Waals surface area contributed by atoms with Gasteiger partial charge in [0.05, 0.1) is 18.3 Å². The maximum Gasteiger partial charge on any atom is 0.416 e. The van der Waals surface area contributed by atoms with Crippen LogP contribution in [0.5, 0.6) is 5.75 Å². The Morgan fingerprint density at radius 2 is 1.80 bits per heavy atom. The summed E-state index contributed by atoms with van der Waals surface area (Å²) in [5.41, 5.74) is 2.49. The van der Waals surface area contributed by atoms with Crippen molar-refractivity contribution < 1.29 is 27.4 Å². The Hall–Kier alpha value is -3.78. The second-order valence-corrected chi connectivity index (χ2v) is 10.6. The molecule has 1 aliphatic heterocycles. The first kappa shape index (κ1) is 27.8. The van der Waals surface area contributed by atoms with E-state index in [-0.39, 0.29) is 12.3 Å². The van der Waals surface area contributed by atoms with Gasteiger partial charge in [0.15, 0.2) is 0 Å². The Kier molecular flexibility index (Phi) is 7.90.